The van der Waals surface area contributed by atoms with E-state index in [9.17, 15) is 0 Å². The van der Waals surface area contributed by atoms with Crippen LogP contribution in [0.4, 0.5) is 0 Å². The largest absolute Gasteiger partial charge is 0.107 e. The number of hydrogen-bond acceptors (Lipinski definition) is 0. The van der Waals surface area contributed by atoms with Gasteiger partial charge in [0.25, 0.3) is 0 Å². The number of rotatable bonds is 2. The smallest absolute Gasteiger partial charge is 0.0620 e. The van der Waals surface area contributed by atoms with Gasteiger partial charge in [-0.15, -0.1) is 0 Å². The van der Waals surface area contributed by atoms with Crippen molar-refractivity contribution < 1.29 is 0 Å². The van der Waals surface area contributed by atoms with Gasteiger partial charge < -0.3 is 0 Å². The van der Waals surface area contributed by atoms with E-state index in [0.717, 1.165) is 6.32 Å². The second-order valence-corrected chi connectivity index (χ2v) is 3.21. The van der Waals surface area contributed by atoms with Crippen LogP contribution in [-0.2, 0) is 6.32 Å². The monoisotopic (exact) mass is 146 g/mol. The van der Waals surface area contributed by atoms with E-state index >= 15 is 0 Å². The third-order valence-electron chi connectivity index (χ3n) is 2.06. The fourth-order valence-corrected chi connectivity index (χ4v) is 1.42. The molecule has 0 unspecified atom stereocenters. The molecule has 0 amide bonds. The normalized spacial score (nSPS) is 10.5. The summed E-state index contributed by atoms with van der Waals surface area (Å²) < 4.78 is 0. The molecule has 0 saturated heterocycles. The van der Waals surface area contributed by atoms with Gasteiger partial charge in [-0.1, -0.05) is 50.0 Å². The van der Waals surface area contributed by atoms with Gasteiger partial charge in [-0.2, -0.15) is 0 Å². The standard InChI is InChI=1S/C10H15B/c1-8(2)10-6-4-3-5-9(10)7-11/h3-6,8H,7,11H2,1-2H3. The van der Waals surface area contributed by atoms with Crippen molar-refractivity contribution >= 4 is 7.85 Å². The van der Waals surface area contributed by atoms with Gasteiger partial charge in [-0.3, -0.25) is 0 Å². The Labute approximate surface area is 70.0 Å². The second-order valence-electron chi connectivity index (χ2n) is 3.21. The Balaban J connectivity index is 3.02. The lowest BCUT2D eigenvalue weighted by Crippen LogP contribution is -1.95. The fourth-order valence-electron chi connectivity index (χ4n) is 1.42. The van der Waals surface area contributed by atoms with Gasteiger partial charge in [0, 0.05) is 0 Å². The van der Waals surface area contributed by atoms with Crippen molar-refractivity contribution in [1.29, 1.82) is 0 Å². The van der Waals surface area contributed by atoms with Crippen LogP contribution in [-0.4, -0.2) is 7.85 Å². The maximum absolute atomic E-state index is 2.24. The first kappa shape index (κ1) is 8.38. The van der Waals surface area contributed by atoms with Crippen molar-refractivity contribution in [2.75, 3.05) is 0 Å². The predicted octanol–water partition coefficient (Wildman–Crippen LogP) is 1.94. The molecular formula is C10H15B. The van der Waals surface area contributed by atoms with Crippen LogP contribution in [0.3, 0.4) is 0 Å². The van der Waals surface area contributed by atoms with Crippen molar-refractivity contribution in [3.63, 3.8) is 0 Å². The zero-order valence-corrected chi connectivity index (χ0v) is 7.59. The van der Waals surface area contributed by atoms with Crippen LogP contribution in [0.25, 0.3) is 0 Å². The molecule has 1 aromatic carbocycles. The number of hydrogen-bond donors (Lipinski definition) is 0. The molecule has 0 aliphatic rings. The Morgan fingerprint density at radius 1 is 1.27 bits per heavy atom. The van der Waals surface area contributed by atoms with E-state index in [4.69, 9.17) is 0 Å². The van der Waals surface area contributed by atoms with Crippen LogP contribution in [0.15, 0.2) is 24.3 Å². The lowest BCUT2D eigenvalue weighted by atomic mass is 9.88. The van der Waals surface area contributed by atoms with E-state index in [2.05, 4.69) is 46.0 Å². The van der Waals surface area contributed by atoms with Gasteiger partial charge in [0.05, 0.1) is 0 Å². The summed E-state index contributed by atoms with van der Waals surface area (Å²) >= 11 is 0. The maximum Gasteiger partial charge on any atom is 0.107 e. The minimum absolute atomic E-state index is 0.658. The summed E-state index contributed by atoms with van der Waals surface area (Å²) in [5.41, 5.74) is 2.98. The molecule has 0 spiro atoms. The highest BCUT2D eigenvalue weighted by molar-refractivity contribution is 6.08. The Morgan fingerprint density at radius 2 is 1.91 bits per heavy atom. The van der Waals surface area contributed by atoms with E-state index in [1.807, 2.05) is 0 Å². The SMILES string of the molecule is BCc1ccccc1C(C)C. The van der Waals surface area contributed by atoms with Crippen molar-refractivity contribution in [2.24, 2.45) is 0 Å². The van der Waals surface area contributed by atoms with Crippen LogP contribution in [0.5, 0.6) is 0 Å². The molecule has 0 heterocycles. The molecule has 0 saturated carbocycles. The van der Waals surface area contributed by atoms with Crippen molar-refractivity contribution in [3.05, 3.63) is 35.4 Å². The summed E-state index contributed by atoms with van der Waals surface area (Å²) in [6.07, 6.45) is 1.15. The summed E-state index contributed by atoms with van der Waals surface area (Å²) in [4.78, 5) is 0. The minimum Gasteiger partial charge on any atom is -0.0620 e. The highest BCUT2D eigenvalue weighted by Gasteiger charge is 2.02. The first-order valence-electron chi connectivity index (χ1n) is 4.33. The third kappa shape index (κ3) is 1.86. The second kappa shape index (κ2) is 3.61. The average Bonchev–Trinajstić information content (AvgIpc) is 2.04. The van der Waals surface area contributed by atoms with Crippen molar-refractivity contribution in [3.8, 4) is 0 Å². The van der Waals surface area contributed by atoms with Gasteiger partial charge in [0.2, 0.25) is 0 Å². The first-order valence-corrected chi connectivity index (χ1v) is 4.33. The van der Waals surface area contributed by atoms with Gasteiger partial charge in [-0.25, -0.2) is 0 Å². The molecule has 0 N–H and O–H groups in total. The van der Waals surface area contributed by atoms with Crippen LogP contribution >= 0.6 is 0 Å². The van der Waals surface area contributed by atoms with Crippen LogP contribution in [0.2, 0.25) is 0 Å². The Hall–Kier alpha value is -0.715. The predicted molar refractivity (Wildman–Crippen MR) is 52.8 cm³/mol. The molecule has 0 fully saturated rings. The molecule has 58 valence electrons. The summed E-state index contributed by atoms with van der Waals surface area (Å²) in [5.74, 6) is 0.658. The summed E-state index contributed by atoms with van der Waals surface area (Å²) in [5, 5.41) is 0. The maximum atomic E-state index is 2.24. The highest BCUT2D eigenvalue weighted by Crippen LogP contribution is 2.18. The van der Waals surface area contributed by atoms with Crippen LogP contribution in [0.1, 0.15) is 30.9 Å². The summed E-state index contributed by atoms with van der Waals surface area (Å²) in [7, 11) is 2.21. The summed E-state index contributed by atoms with van der Waals surface area (Å²) in [6, 6.07) is 8.68. The molecule has 1 rings (SSSR count). The Morgan fingerprint density at radius 3 is 2.36 bits per heavy atom. The summed E-state index contributed by atoms with van der Waals surface area (Å²) in [6.45, 7) is 4.49. The molecule has 1 heteroatoms. The molecule has 1 aromatic rings. The zero-order chi connectivity index (χ0) is 8.27. The molecule has 0 radical (unpaired) electrons. The van der Waals surface area contributed by atoms with Gasteiger partial charge in [0.15, 0.2) is 0 Å². The van der Waals surface area contributed by atoms with E-state index < -0.39 is 0 Å². The minimum atomic E-state index is 0.658. The average molecular weight is 146 g/mol. The van der Waals surface area contributed by atoms with Gasteiger partial charge in [-0.05, 0) is 11.5 Å². The van der Waals surface area contributed by atoms with E-state index in [1.165, 1.54) is 11.1 Å². The highest BCUT2D eigenvalue weighted by atomic mass is 14.1. The molecule has 0 bridgehead atoms. The van der Waals surface area contributed by atoms with Crippen molar-refractivity contribution in [1.82, 2.24) is 0 Å². The molecule has 11 heavy (non-hydrogen) atoms. The molecule has 0 aliphatic heterocycles. The topological polar surface area (TPSA) is 0 Å². The third-order valence-corrected chi connectivity index (χ3v) is 2.06. The lowest BCUT2D eigenvalue weighted by Gasteiger charge is -2.09. The lowest BCUT2D eigenvalue weighted by molar-refractivity contribution is 0.854. The molecule has 0 aromatic heterocycles. The van der Waals surface area contributed by atoms with Gasteiger partial charge >= 0.3 is 0 Å². The van der Waals surface area contributed by atoms with Crippen LogP contribution < -0.4 is 0 Å². The fraction of sp³-hybridized carbons (Fsp3) is 0.400. The van der Waals surface area contributed by atoms with Crippen molar-refractivity contribution in [2.45, 2.75) is 26.1 Å². The quantitative estimate of drug-likeness (QED) is 0.559. The Kier molecular flexibility index (Phi) is 2.75. The molecular weight excluding hydrogens is 131 g/mol. The molecule has 0 nitrogen and oxygen atoms in total. The number of benzene rings is 1. The van der Waals surface area contributed by atoms with E-state index in [1.54, 1.807) is 0 Å². The van der Waals surface area contributed by atoms with Gasteiger partial charge in [0.1, 0.15) is 7.85 Å². The van der Waals surface area contributed by atoms with E-state index in [-0.39, 0.29) is 0 Å². The molecule has 0 aliphatic carbocycles. The zero-order valence-electron chi connectivity index (χ0n) is 7.59. The Bertz CT molecular complexity index is 228. The van der Waals surface area contributed by atoms with E-state index in [0.29, 0.717) is 5.92 Å². The molecule has 0 atom stereocenters. The van der Waals surface area contributed by atoms with Crippen LogP contribution in [0, 0.1) is 0 Å². The first-order chi connectivity index (χ1) is 5.25.